The van der Waals surface area contributed by atoms with Crippen LogP contribution in [-0.4, -0.2) is 20.4 Å². The normalized spacial score (nSPS) is 10.4. The van der Waals surface area contributed by atoms with Gasteiger partial charge in [-0.2, -0.15) is 0 Å². The summed E-state index contributed by atoms with van der Waals surface area (Å²) < 4.78 is 13.6. The van der Waals surface area contributed by atoms with Crippen molar-refractivity contribution >= 4 is 0 Å². The fraction of sp³-hybridized carbons (Fsp3) is 0. The molecular weight excluding hydrogens is 227 g/mol. The molecule has 0 bridgehead atoms. The van der Waals surface area contributed by atoms with Crippen LogP contribution in [0.2, 0.25) is 0 Å². The van der Waals surface area contributed by atoms with Crippen molar-refractivity contribution < 1.29 is 24.8 Å². The first-order valence-electron chi connectivity index (χ1n) is 4.73. The summed E-state index contributed by atoms with van der Waals surface area (Å²) in [6.45, 7) is 0. The van der Waals surface area contributed by atoms with E-state index in [0.717, 1.165) is 18.2 Å². The molecular formula is C12H9FO4. The van der Waals surface area contributed by atoms with E-state index in [4.69, 9.17) is 0 Å². The van der Waals surface area contributed by atoms with Gasteiger partial charge in [-0.25, -0.2) is 4.39 Å². The molecule has 0 aromatic heterocycles. The van der Waals surface area contributed by atoms with Crippen LogP contribution in [0, 0.1) is 5.82 Å². The van der Waals surface area contributed by atoms with Gasteiger partial charge in [0.2, 0.25) is 0 Å². The van der Waals surface area contributed by atoms with Crippen LogP contribution in [0.15, 0.2) is 30.3 Å². The highest BCUT2D eigenvalue weighted by Crippen LogP contribution is 2.38. The predicted octanol–water partition coefficient (Wildman–Crippen LogP) is 2.32. The number of phenolic OH excluding ortho intramolecular Hbond substituents is 4. The van der Waals surface area contributed by atoms with Crippen LogP contribution in [0.25, 0.3) is 11.1 Å². The van der Waals surface area contributed by atoms with E-state index in [0.29, 0.717) is 0 Å². The van der Waals surface area contributed by atoms with Crippen LogP contribution < -0.4 is 0 Å². The van der Waals surface area contributed by atoms with E-state index in [2.05, 4.69) is 0 Å². The summed E-state index contributed by atoms with van der Waals surface area (Å²) in [6.07, 6.45) is 0. The molecule has 2 aromatic rings. The lowest BCUT2D eigenvalue weighted by molar-refractivity contribution is 0.420. The predicted molar refractivity (Wildman–Crippen MR) is 58.5 cm³/mol. The summed E-state index contributed by atoms with van der Waals surface area (Å²) in [6, 6.07) is 5.44. The van der Waals surface area contributed by atoms with Crippen molar-refractivity contribution in [3.05, 3.63) is 36.1 Å². The number of benzene rings is 2. The first-order chi connectivity index (χ1) is 7.99. The van der Waals surface area contributed by atoms with Crippen LogP contribution >= 0.6 is 0 Å². The quantitative estimate of drug-likeness (QED) is 0.573. The van der Waals surface area contributed by atoms with E-state index in [9.17, 15) is 24.8 Å². The van der Waals surface area contributed by atoms with Gasteiger partial charge in [0.05, 0.1) is 0 Å². The van der Waals surface area contributed by atoms with Gasteiger partial charge in [-0.05, 0) is 24.3 Å². The Morgan fingerprint density at radius 2 is 1.35 bits per heavy atom. The van der Waals surface area contributed by atoms with E-state index in [1.165, 1.54) is 12.1 Å². The molecule has 0 aliphatic carbocycles. The van der Waals surface area contributed by atoms with E-state index >= 15 is 0 Å². The van der Waals surface area contributed by atoms with Gasteiger partial charge in [-0.3, -0.25) is 0 Å². The average Bonchev–Trinajstić information content (AvgIpc) is 2.27. The van der Waals surface area contributed by atoms with Gasteiger partial charge in [0, 0.05) is 17.2 Å². The molecule has 2 aromatic carbocycles. The summed E-state index contributed by atoms with van der Waals surface area (Å²) in [5.74, 6) is -2.50. The molecule has 88 valence electrons. The van der Waals surface area contributed by atoms with Crippen molar-refractivity contribution in [1.29, 1.82) is 0 Å². The molecule has 2 rings (SSSR count). The molecule has 5 heteroatoms. The molecule has 0 heterocycles. The third-order valence-corrected chi connectivity index (χ3v) is 2.31. The minimum atomic E-state index is -0.983. The average molecular weight is 236 g/mol. The standard InChI is InChI=1S/C12H9FO4/c13-12-9(4-7(15)5-11(12)17)8-3-6(14)1-2-10(8)16/h1-5,14-17H. The highest BCUT2D eigenvalue weighted by atomic mass is 19.1. The lowest BCUT2D eigenvalue weighted by Gasteiger charge is -2.08. The Kier molecular flexibility index (Phi) is 2.51. The maximum atomic E-state index is 13.6. The highest BCUT2D eigenvalue weighted by Gasteiger charge is 2.15. The SMILES string of the molecule is Oc1ccc(O)c(-c2cc(O)cc(O)c2F)c1. The van der Waals surface area contributed by atoms with Crippen LogP contribution in [0.4, 0.5) is 4.39 Å². The Labute approximate surface area is 95.8 Å². The van der Waals surface area contributed by atoms with E-state index in [-0.39, 0.29) is 28.4 Å². The van der Waals surface area contributed by atoms with Gasteiger partial charge in [0.1, 0.15) is 17.2 Å². The molecule has 4 nitrogen and oxygen atoms in total. The fourth-order valence-corrected chi connectivity index (χ4v) is 1.53. The molecule has 0 aliphatic heterocycles. The molecule has 0 unspecified atom stereocenters. The summed E-state index contributed by atoms with van der Waals surface area (Å²) in [5.41, 5.74) is -0.218. The topological polar surface area (TPSA) is 80.9 Å². The monoisotopic (exact) mass is 236 g/mol. The Bertz CT molecular complexity index is 581. The van der Waals surface area contributed by atoms with Crippen LogP contribution in [0.5, 0.6) is 23.0 Å². The number of hydrogen-bond acceptors (Lipinski definition) is 4. The maximum Gasteiger partial charge on any atom is 0.173 e. The Hall–Kier alpha value is -2.43. The highest BCUT2D eigenvalue weighted by molar-refractivity contribution is 5.74. The van der Waals surface area contributed by atoms with Crippen molar-refractivity contribution in [3.63, 3.8) is 0 Å². The van der Waals surface area contributed by atoms with Crippen molar-refractivity contribution in [3.8, 4) is 34.1 Å². The molecule has 0 spiro atoms. The first kappa shape index (κ1) is 11.1. The minimum absolute atomic E-state index is 0.0197. The smallest absolute Gasteiger partial charge is 0.173 e. The number of hydrogen-bond donors (Lipinski definition) is 4. The van der Waals surface area contributed by atoms with Gasteiger partial charge in [-0.1, -0.05) is 0 Å². The van der Waals surface area contributed by atoms with Crippen LogP contribution in [0.3, 0.4) is 0 Å². The molecule has 0 amide bonds. The second-order valence-corrected chi connectivity index (χ2v) is 3.53. The van der Waals surface area contributed by atoms with E-state index < -0.39 is 11.6 Å². The molecule has 0 saturated carbocycles. The number of phenols is 4. The Morgan fingerprint density at radius 1 is 0.706 bits per heavy atom. The number of halogens is 1. The van der Waals surface area contributed by atoms with Gasteiger partial charge < -0.3 is 20.4 Å². The molecule has 17 heavy (non-hydrogen) atoms. The van der Waals surface area contributed by atoms with Crippen molar-refractivity contribution in [2.45, 2.75) is 0 Å². The lowest BCUT2D eigenvalue weighted by atomic mass is 10.0. The molecule has 4 N–H and O–H groups in total. The fourth-order valence-electron chi connectivity index (χ4n) is 1.53. The minimum Gasteiger partial charge on any atom is -0.508 e. The molecule has 0 fully saturated rings. The van der Waals surface area contributed by atoms with Crippen molar-refractivity contribution in [2.24, 2.45) is 0 Å². The second kappa shape index (κ2) is 3.86. The summed E-state index contributed by atoms with van der Waals surface area (Å²) >= 11 is 0. The van der Waals surface area contributed by atoms with Crippen molar-refractivity contribution in [2.75, 3.05) is 0 Å². The third-order valence-electron chi connectivity index (χ3n) is 2.31. The van der Waals surface area contributed by atoms with Gasteiger partial charge >= 0.3 is 0 Å². The summed E-state index contributed by atoms with van der Waals surface area (Å²) in [5, 5.41) is 37.3. The Morgan fingerprint density at radius 3 is 2.06 bits per heavy atom. The number of rotatable bonds is 1. The van der Waals surface area contributed by atoms with E-state index in [1.807, 2.05) is 0 Å². The number of aromatic hydroxyl groups is 4. The van der Waals surface area contributed by atoms with Crippen LogP contribution in [-0.2, 0) is 0 Å². The van der Waals surface area contributed by atoms with Crippen molar-refractivity contribution in [1.82, 2.24) is 0 Å². The van der Waals surface area contributed by atoms with E-state index in [1.54, 1.807) is 0 Å². The zero-order chi connectivity index (χ0) is 12.6. The Balaban J connectivity index is 2.72. The lowest BCUT2D eigenvalue weighted by Crippen LogP contribution is -1.86. The van der Waals surface area contributed by atoms with Gasteiger partial charge in [0.15, 0.2) is 11.6 Å². The molecule has 0 saturated heterocycles. The summed E-state index contributed by atoms with van der Waals surface area (Å²) in [7, 11) is 0. The molecule has 0 aliphatic rings. The van der Waals surface area contributed by atoms with Gasteiger partial charge in [-0.15, -0.1) is 0 Å². The zero-order valence-electron chi connectivity index (χ0n) is 8.55. The maximum absolute atomic E-state index is 13.6. The molecule has 0 atom stereocenters. The zero-order valence-corrected chi connectivity index (χ0v) is 8.55. The second-order valence-electron chi connectivity index (χ2n) is 3.53. The summed E-state index contributed by atoms with van der Waals surface area (Å²) in [4.78, 5) is 0. The van der Waals surface area contributed by atoms with Crippen LogP contribution in [0.1, 0.15) is 0 Å². The first-order valence-corrected chi connectivity index (χ1v) is 4.73. The molecule has 0 radical (unpaired) electrons. The van der Waals surface area contributed by atoms with Gasteiger partial charge in [0.25, 0.3) is 0 Å². The third kappa shape index (κ3) is 1.94. The largest absolute Gasteiger partial charge is 0.508 e.